The highest BCUT2D eigenvalue weighted by Crippen LogP contribution is 2.32. The van der Waals surface area contributed by atoms with Crippen LogP contribution in [0, 0.1) is 0 Å². The lowest BCUT2D eigenvalue weighted by molar-refractivity contribution is 0.115. The summed E-state index contributed by atoms with van der Waals surface area (Å²) < 4.78 is 0. The number of nitrogens with zero attached hydrogens (tertiary/aromatic N) is 2. The van der Waals surface area contributed by atoms with Gasteiger partial charge in [0.15, 0.2) is 0 Å². The number of likely N-dealkylation sites (N-methyl/N-ethyl adjacent to an activating group) is 2. The van der Waals surface area contributed by atoms with E-state index in [4.69, 9.17) is 0 Å². The van der Waals surface area contributed by atoms with Gasteiger partial charge in [-0.05, 0) is 37.7 Å². The Bertz CT molecular complexity index is 821. The molecule has 24 heavy (non-hydrogen) atoms. The number of benzene rings is 2. The Morgan fingerprint density at radius 3 is 2.54 bits per heavy atom. The molecule has 1 fully saturated rings. The Hall–Kier alpha value is -2.10. The first kappa shape index (κ1) is 15.4. The Morgan fingerprint density at radius 2 is 1.71 bits per heavy atom. The SMILES string of the molecule is CN1CCN(C)[C@@H](Cc2c(-c3ccccc3)[nH]c3ccccc23)C1. The van der Waals surface area contributed by atoms with Gasteiger partial charge in [-0.3, -0.25) is 0 Å². The number of rotatable bonds is 3. The Morgan fingerprint density at radius 1 is 0.958 bits per heavy atom. The smallest absolute Gasteiger partial charge is 0.0497 e. The number of aromatic nitrogens is 1. The molecule has 0 spiro atoms. The molecule has 3 nitrogen and oxygen atoms in total. The maximum atomic E-state index is 3.66. The van der Waals surface area contributed by atoms with Crippen molar-refractivity contribution < 1.29 is 0 Å². The second kappa shape index (κ2) is 6.42. The van der Waals surface area contributed by atoms with Gasteiger partial charge in [-0.25, -0.2) is 0 Å². The number of nitrogens with one attached hydrogen (secondary N) is 1. The highest BCUT2D eigenvalue weighted by Gasteiger charge is 2.25. The molecule has 1 aliphatic rings. The van der Waals surface area contributed by atoms with Crippen LogP contribution in [-0.2, 0) is 6.42 Å². The third-order valence-electron chi connectivity index (χ3n) is 5.30. The maximum absolute atomic E-state index is 3.66. The van der Waals surface area contributed by atoms with Crippen molar-refractivity contribution in [1.29, 1.82) is 0 Å². The van der Waals surface area contributed by atoms with Crippen molar-refractivity contribution in [3.05, 3.63) is 60.2 Å². The molecular formula is C21H25N3. The molecule has 1 saturated heterocycles. The molecule has 2 aromatic carbocycles. The Labute approximate surface area is 143 Å². The van der Waals surface area contributed by atoms with Crippen LogP contribution in [-0.4, -0.2) is 54.6 Å². The van der Waals surface area contributed by atoms with Crippen molar-refractivity contribution in [1.82, 2.24) is 14.8 Å². The third-order valence-corrected chi connectivity index (χ3v) is 5.30. The first-order valence-electron chi connectivity index (χ1n) is 8.76. The molecule has 1 N–H and O–H groups in total. The number of aromatic amines is 1. The number of hydrogen-bond donors (Lipinski definition) is 1. The molecule has 4 rings (SSSR count). The van der Waals surface area contributed by atoms with Crippen molar-refractivity contribution in [2.75, 3.05) is 33.7 Å². The lowest BCUT2D eigenvalue weighted by Crippen LogP contribution is -2.50. The van der Waals surface area contributed by atoms with Crippen LogP contribution in [0.3, 0.4) is 0 Å². The summed E-state index contributed by atoms with van der Waals surface area (Å²) in [6.07, 6.45) is 1.08. The van der Waals surface area contributed by atoms with E-state index in [0.717, 1.165) is 26.1 Å². The van der Waals surface area contributed by atoms with Gasteiger partial charge >= 0.3 is 0 Å². The minimum atomic E-state index is 0.561. The minimum absolute atomic E-state index is 0.561. The van der Waals surface area contributed by atoms with Crippen molar-refractivity contribution in [2.45, 2.75) is 12.5 Å². The molecule has 1 atom stereocenters. The van der Waals surface area contributed by atoms with Crippen LogP contribution in [0.2, 0.25) is 0 Å². The normalized spacial score (nSPS) is 19.8. The molecule has 0 unspecified atom stereocenters. The van der Waals surface area contributed by atoms with E-state index in [0.29, 0.717) is 6.04 Å². The summed E-state index contributed by atoms with van der Waals surface area (Å²) in [6.45, 7) is 3.43. The quantitative estimate of drug-likeness (QED) is 0.796. The molecule has 0 aliphatic carbocycles. The van der Waals surface area contributed by atoms with Gasteiger partial charge in [-0.15, -0.1) is 0 Å². The fourth-order valence-electron chi connectivity index (χ4n) is 3.82. The summed E-state index contributed by atoms with van der Waals surface area (Å²) in [5.41, 5.74) is 5.23. The number of H-pyrrole nitrogens is 1. The summed E-state index contributed by atoms with van der Waals surface area (Å²) in [4.78, 5) is 8.62. The fraction of sp³-hybridized carbons (Fsp3) is 0.333. The number of fused-ring (bicyclic) bond motifs is 1. The van der Waals surface area contributed by atoms with E-state index in [1.807, 2.05) is 0 Å². The molecule has 3 aromatic rings. The van der Waals surface area contributed by atoms with Crippen molar-refractivity contribution in [3.8, 4) is 11.3 Å². The minimum Gasteiger partial charge on any atom is -0.354 e. The van der Waals surface area contributed by atoms with Crippen molar-refractivity contribution >= 4 is 10.9 Å². The van der Waals surface area contributed by atoms with Gasteiger partial charge in [0.25, 0.3) is 0 Å². The van der Waals surface area contributed by atoms with Gasteiger partial charge in [-0.2, -0.15) is 0 Å². The Balaban J connectivity index is 1.78. The average Bonchev–Trinajstić information content (AvgIpc) is 2.98. The number of piperazine rings is 1. The molecule has 3 heteroatoms. The van der Waals surface area contributed by atoms with E-state index in [9.17, 15) is 0 Å². The lowest BCUT2D eigenvalue weighted by atomic mass is 9.97. The monoisotopic (exact) mass is 319 g/mol. The van der Waals surface area contributed by atoms with Crippen LogP contribution in [0.5, 0.6) is 0 Å². The predicted molar refractivity (Wildman–Crippen MR) is 101 cm³/mol. The zero-order chi connectivity index (χ0) is 16.5. The van der Waals surface area contributed by atoms with Gasteiger partial charge in [-0.1, -0.05) is 48.5 Å². The molecule has 0 radical (unpaired) electrons. The van der Waals surface area contributed by atoms with Crippen LogP contribution >= 0.6 is 0 Å². The standard InChI is InChI=1S/C21H25N3/c1-23-12-13-24(2)17(15-23)14-19-18-10-6-7-11-20(18)22-21(19)16-8-4-3-5-9-16/h3-11,17,22H,12-15H2,1-2H3/t17-/m0/s1. The van der Waals surface area contributed by atoms with Gasteiger partial charge in [0.1, 0.15) is 0 Å². The highest BCUT2D eigenvalue weighted by molar-refractivity contribution is 5.90. The van der Waals surface area contributed by atoms with E-state index in [2.05, 4.69) is 83.5 Å². The third kappa shape index (κ3) is 2.85. The topological polar surface area (TPSA) is 22.3 Å². The summed E-state index contributed by atoms with van der Waals surface area (Å²) >= 11 is 0. The Kier molecular flexibility index (Phi) is 4.13. The van der Waals surface area contributed by atoms with E-state index in [1.165, 1.54) is 27.7 Å². The van der Waals surface area contributed by atoms with Gasteiger partial charge in [0.05, 0.1) is 0 Å². The van der Waals surface area contributed by atoms with E-state index < -0.39 is 0 Å². The van der Waals surface area contributed by atoms with Gasteiger partial charge < -0.3 is 14.8 Å². The lowest BCUT2D eigenvalue weighted by Gasteiger charge is -2.38. The largest absolute Gasteiger partial charge is 0.354 e. The average molecular weight is 319 g/mol. The van der Waals surface area contributed by atoms with Crippen molar-refractivity contribution in [2.24, 2.45) is 0 Å². The zero-order valence-corrected chi connectivity index (χ0v) is 14.5. The maximum Gasteiger partial charge on any atom is 0.0497 e. The second-order valence-corrected chi connectivity index (χ2v) is 6.99. The summed E-state index contributed by atoms with van der Waals surface area (Å²) in [7, 11) is 4.49. The molecule has 0 amide bonds. The van der Waals surface area contributed by atoms with E-state index in [-0.39, 0.29) is 0 Å². The number of hydrogen-bond acceptors (Lipinski definition) is 2. The molecule has 0 bridgehead atoms. The highest BCUT2D eigenvalue weighted by atomic mass is 15.3. The predicted octanol–water partition coefficient (Wildman–Crippen LogP) is 3.62. The zero-order valence-electron chi connectivity index (χ0n) is 14.5. The van der Waals surface area contributed by atoms with Crippen molar-refractivity contribution in [3.63, 3.8) is 0 Å². The van der Waals surface area contributed by atoms with Gasteiger partial charge in [0.2, 0.25) is 0 Å². The molecule has 0 saturated carbocycles. The molecule has 1 aromatic heterocycles. The summed E-state index contributed by atoms with van der Waals surface area (Å²) in [5, 5.41) is 1.36. The van der Waals surface area contributed by atoms with Gasteiger partial charge in [0, 0.05) is 42.3 Å². The molecule has 124 valence electrons. The van der Waals surface area contributed by atoms with Crippen LogP contribution in [0.15, 0.2) is 54.6 Å². The van der Waals surface area contributed by atoms with Crippen LogP contribution in [0.25, 0.3) is 22.2 Å². The molecular weight excluding hydrogens is 294 g/mol. The summed E-state index contributed by atoms with van der Waals surface area (Å²) in [5.74, 6) is 0. The van der Waals surface area contributed by atoms with Crippen LogP contribution in [0.1, 0.15) is 5.56 Å². The second-order valence-electron chi connectivity index (χ2n) is 6.99. The molecule has 1 aliphatic heterocycles. The number of para-hydroxylation sites is 1. The van der Waals surface area contributed by atoms with Crippen LogP contribution in [0.4, 0.5) is 0 Å². The van der Waals surface area contributed by atoms with Crippen LogP contribution < -0.4 is 0 Å². The fourth-order valence-corrected chi connectivity index (χ4v) is 3.82. The van der Waals surface area contributed by atoms with E-state index in [1.54, 1.807) is 0 Å². The van der Waals surface area contributed by atoms with E-state index >= 15 is 0 Å². The first-order valence-corrected chi connectivity index (χ1v) is 8.76. The molecule has 2 heterocycles. The first-order chi connectivity index (χ1) is 11.7. The summed E-state index contributed by atoms with van der Waals surface area (Å²) in [6, 6.07) is 20.0.